The number of nitrogens with zero attached hydrogens (tertiary/aromatic N) is 5. The van der Waals surface area contributed by atoms with Crippen molar-refractivity contribution in [2.45, 2.75) is 19.4 Å². The second kappa shape index (κ2) is 8.80. The first-order valence-electron chi connectivity index (χ1n) is 10.1. The molecule has 0 N–H and O–H groups in total. The van der Waals surface area contributed by atoms with Crippen LogP contribution in [0.15, 0.2) is 67.0 Å². The molecule has 0 saturated heterocycles. The predicted octanol–water partition coefficient (Wildman–Crippen LogP) is 3.90. The van der Waals surface area contributed by atoms with Crippen molar-refractivity contribution < 1.29 is 4.79 Å². The van der Waals surface area contributed by atoms with E-state index >= 15 is 0 Å². The molecule has 0 aliphatic carbocycles. The topological polar surface area (TPSA) is 74.8 Å². The number of pyridine rings is 1. The van der Waals surface area contributed by atoms with Gasteiger partial charge < -0.3 is 9.47 Å². The molecule has 31 heavy (non-hydrogen) atoms. The average Bonchev–Trinajstić information content (AvgIpc) is 3.13. The fraction of sp³-hybridized carbons (Fsp3) is 0.200. The third-order valence-corrected chi connectivity index (χ3v) is 5.43. The lowest BCUT2D eigenvalue weighted by Gasteiger charge is -2.17. The largest absolute Gasteiger partial charge is 0.337 e. The number of carbonyl (C=O) groups is 1. The number of rotatable bonds is 6. The van der Waals surface area contributed by atoms with E-state index in [2.05, 4.69) is 15.6 Å². The lowest BCUT2D eigenvalue weighted by atomic mass is 10.1. The van der Waals surface area contributed by atoms with Gasteiger partial charge >= 0.3 is 0 Å². The van der Waals surface area contributed by atoms with E-state index in [0.717, 1.165) is 35.3 Å². The van der Waals surface area contributed by atoms with Crippen LogP contribution in [0.5, 0.6) is 0 Å². The van der Waals surface area contributed by atoms with Gasteiger partial charge in [0.1, 0.15) is 5.82 Å². The van der Waals surface area contributed by atoms with E-state index in [-0.39, 0.29) is 5.91 Å². The molecule has 4 rings (SSSR count). The van der Waals surface area contributed by atoms with Crippen molar-refractivity contribution in [3.8, 4) is 6.07 Å². The van der Waals surface area contributed by atoms with Gasteiger partial charge in [-0.2, -0.15) is 5.26 Å². The Morgan fingerprint density at radius 2 is 1.90 bits per heavy atom. The molecule has 1 amide bonds. The fourth-order valence-corrected chi connectivity index (χ4v) is 3.67. The second-order valence-corrected chi connectivity index (χ2v) is 7.62. The number of amides is 1. The Bertz CT molecular complexity index is 1250. The molecule has 2 aromatic carbocycles. The number of aromatic nitrogens is 3. The molecule has 2 heterocycles. The van der Waals surface area contributed by atoms with Crippen molar-refractivity contribution in [1.29, 1.82) is 5.26 Å². The summed E-state index contributed by atoms with van der Waals surface area (Å²) in [6, 6.07) is 19.3. The molecule has 0 fully saturated rings. The van der Waals surface area contributed by atoms with Crippen LogP contribution in [0.3, 0.4) is 0 Å². The number of imidazole rings is 1. The van der Waals surface area contributed by atoms with Crippen LogP contribution in [-0.4, -0.2) is 32.4 Å². The van der Waals surface area contributed by atoms with E-state index < -0.39 is 0 Å². The Kier molecular flexibility index (Phi) is 5.76. The zero-order chi connectivity index (χ0) is 21.8. The molecular formula is C25H23N5O. The maximum atomic E-state index is 12.9. The molecule has 0 aliphatic rings. The van der Waals surface area contributed by atoms with Gasteiger partial charge in [-0.3, -0.25) is 9.78 Å². The van der Waals surface area contributed by atoms with E-state index in [1.54, 1.807) is 24.3 Å². The molecule has 154 valence electrons. The molecule has 0 radical (unpaired) electrons. The molecule has 6 heteroatoms. The van der Waals surface area contributed by atoms with Crippen LogP contribution < -0.4 is 0 Å². The third-order valence-electron chi connectivity index (χ3n) is 5.43. The smallest absolute Gasteiger partial charge is 0.253 e. The van der Waals surface area contributed by atoms with Gasteiger partial charge in [-0.05, 0) is 53.9 Å². The van der Waals surface area contributed by atoms with Crippen LogP contribution >= 0.6 is 0 Å². The van der Waals surface area contributed by atoms with Crippen molar-refractivity contribution in [3.63, 3.8) is 0 Å². The van der Waals surface area contributed by atoms with E-state index in [0.29, 0.717) is 17.7 Å². The van der Waals surface area contributed by atoms with Crippen molar-refractivity contribution >= 4 is 16.9 Å². The van der Waals surface area contributed by atoms with Crippen LogP contribution in [-0.2, 0) is 26.4 Å². The number of hydrogen-bond acceptors (Lipinski definition) is 4. The normalized spacial score (nSPS) is 10.7. The number of nitriles is 1. The molecule has 0 saturated carbocycles. The third kappa shape index (κ3) is 4.46. The van der Waals surface area contributed by atoms with E-state index in [1.165, 1.54) is 5.56 Å². The maximum Gasteiger partial charge on any atom is 0.253 e. The van der Waals surface area contributed by atoms with Crippen molar-refractivity contribution in [3.05, 3.63) is 95.1 Å². The van der Waals surface area contributed by atoms with E-state index in [9.17, 15) is 4.79 Å². The van der Waals surface area contributed by atoms with Crippen LogP contribution in [0.4, 0.5) is 0 Å². The van der Waals surface area contributed by atoms with Gasteiger partial charge in [0.15, 0.2) is 0 Å². The number of aryl methyl sites for hydroxylation is 3. The minimum absolute atomic E-state index is 0.0458. The molecule has 2 aromatic heterocycles. The first kappa shape index (κ1) is 20.3. The summed E-state index contributed by atoms with van der Waals surface area (Å²) in [4.78, 5) is 23.5. The highest BCUT2D eigenvalue weighted by Crippen LogP contribution is 2.19. The number of benzene rings is 2. The Labute approximate surface area is 181 Å². The van der Waals surface area contributed by atoms with Gasteiger partial charge in [-0.1, -0.05) is 18.2 Å². The van der Waals surface area contributed by atoms with Gasteiger partial charge in [-0.25, -0.2) is 4.98 Å². The number of fused-ring (bicyclic) bond motifs is 1. The SMILES string of the molecule is CN(Cc1cccnc1)C(=O)c1ccc2c(c1)nc(CCc1ccc(C#N)cc1)n2C. The molecule has 0 spiro atoms. The Morgan fingerprint density at radius 3 is 2.61 bits per heavy atom. The standard InChI is InChI=1S/C25H23N5O/c1-29(17-20-4-3-13-27-16-20)25(31)21-10-11-23-22(14-21)28-24(30(23)2)12-9-18-5-7-19(15-26)8-6-18/h3-8,10-11,13-14,16H,9,12,17H2,1-2H3. The highest BCUT2D eigenvalue weighted by atomic mass is 16.2. The summed E-state index contributed by atoms with van der Waals surface area (Å²) in [7, 11) is 3.79. The molecule has 4 aromatic rings. The monoisotopic (exact) mass is 409 g/mol. The predicted molar refractivity (Wildman–Crippen MR) is 119 cm³/mol. The van der Waals surface area contributed by atoms with Crippen LogP contribution in [0, 0.1) is 11.3 Å². The number of hydrogen-bond donors (Lipinski definition) is 0. The van der Waals surface area contributed by atoms with Crippen LogP contribution in [0.2, 0.25) is 0 Å². The Morgan fingerprint density at radius 1 is 1.10 bits per heavy atom. The summed E-state index contributed by atoms with van der Waals surface area (Å²) in [5.41, 5.74) is 5.26. The lowest BCUT2D eigenvalue weighted by Crippen LogP contribution is -2.26. The number of carbonyl (C=O) groups excluding carboxylic acids is 1. The highest BCUT2D eigenvalue weighted by Gasteiger charge is 2.15. The second-order valence-electron chi connectivity index (χ2n) is 7.62. The van der Waals surface area contributed by atoms with Gasteiger partial charge in [0, 0.05) is 45.0 Å². The summed E-state index contributed by atoms with van der Waals surface area (Å²) >= 11 is 0. The average molecular weight is 409 g/mol. The van der Waals surface area contributed by atoms with E-state index in [1.807, 2.05) is 61.6 Å². The summed E-state index contributed by atoms with van der Waals surface area (Å²) < 4.78 is 2.08. The summed E-state index contributed by atoms with van der Waals surface area (Å²) in [5.74, 6) is 0.920. The molecule has 6 nitrogen and oxygen atoms in total. The zero-order valence-electron chi connectivity index (χ0n) is 17.6. The van der Waals surface area contributed by atoms with Crippen molar-refractivity contribution in [2.75, 3.05) is 7.05 Å². The molecule has 0 bridgehead atoms. The van der Waals surface area contributed by atoms with Gasteiger partial charge in [0.25, 0.3) is 5.91 Å². The lowest BCUT2D eigenvalue weighted by molar-refractivity contribution is 0.0785. The summed E-state index contributed by atoms with van der Waals surface area (Å²) in [5, 5.41) is 8.93. The summed E-state index contributed by atoms with van der Waals surface area (Å²) in [6.45, 7) is 0.503. The van der Waals surface area contributed by atoms with Crippen LogP contribution in [0.1, 0.15) is 32.9 Å². The molecule has 0 unspecified atom stereocenters. The zero-order valence-corrected chi connectivity index (χ0v) is 17.6. The van der Waals surface area contributed by atoms with Gasteiger partial charge in [-0.15, -0.1) is 0 Å². The van der Waals surface area contributed by atoms with Gasteiger partial charge in [0.05, 0.1) is 22.7 Å². The summed E-state index contributed by atoms with van der Waals surface area (Å²) in [6.07, 6.45) is 5.11. The highest BCUT2D eigenvalue weighted by molar-refractivity contribution is 5.97. The Hall–Kier alpha value is -3.98. The van der Waals surface area contributed by atoms with Crippen molar-refractivity contribution in [2.24, 2.45) is 7.05 Å². The quantitative estimate of drug-likeness (QED) is 0.484. The maximum absolute atomic E-state index is 12.9. The Balaban J connectivity index is 1.50. The first-order chi connectivity index (χ1) is 15.0. The van der Waals surface area contributed by atoms with E-state index in [4.69, 9.17) is 10.2 Å². The van der Waals surface area contributed by atoms with Crippen molar-refractivity contribution in [1.82, 2.24) is 19.4 Å². The first-order valence-corrected chi connectivity index (χ1v) is 10.1. The van der Waals surface area contributed by atoms with Gasteiger partial charge in [0.2, 0.25) is 0 Å². The molecular weight excluding hydrogens is 386 g/mol. The fourth-order valence-electron chi connectivity index (χ4n) is 3.67. The molecule has 0 aliphatic heterocycles. The minimum atomic E-state index is -0.0458. The van der Waals surface area contributed by atoms with Crippen LogP contribution in [0.25, 0.3) is 11.0 Å². The molecule has 0 atom stereocenters. The minimum Gasteiger partial charge on any atom is -0.337 e.